The van der Waals surface area contributed by atoms with Gasteiger partial charge in [0.1, 0.15) is 0 Å². The van der Waals surface area contributed by atoms with Crippen LogP contribution in [0, 0.1) is 0 Å². The third-order valence-electron chi connectivity index (χ3n) is 1.89. The molecule has 0 fully saturated rings. The fraction of sp³-hybridized carbons (Fsp3) is 0.545. The van der Waals surface area contributed by atoms with Crippen LogP contribution in [0.4, 0.5) is 0 Å². The number of ether oxygens (including phenoxy) is 1. The fourth-order valence-corrected chi connectivity index (χ4v) is 1.25. The smallest absolute Gasteiger partial charge is 0.0884 e. The summed E-state index contributed by atoms with van der Waals surface area (Å²) in [5.41, 5.74) is 2.07. The van der Waals surface area contributed by atoms with Gasteiger partial charge >= 0.3 is 0 Å². The van der Waals surface area contributed by atoms with Crippen LogP contribution in [0.25, 0.3) is 0 Å². The Labute approximate surface area is 85.5 Å². The van der Waals surface area contributed by atoms with Gasteiger partial charge in [-0.1, -0.05) is 13.0 Å². The lowest BCUT2D eigenvalue weighted by atomic mass is 10.3. The summed E-state index contributed by atoms with van der Waals surface area (Å²) in [5.74, 6) is 0. The molecule has 0 atom stereocenters. The summed E-state index contributed by atoms with van der Waals surface area (Å²) in [6.07, 6.45) is 1.15. The van der Waals surface area contributed by atoms with Crippen molar-refractivity contribution in [3.05, 3.63) is 29.6 Å². The monoisotopic (exact) mass is 194 g/mol. The van der Waals surface area contributed by atoms with E-state index in [-0.39, 0.29) is 0 Å². The first kappa shape index (κ1) is 11.1. The molecule has 14 heavy (non-hydrogen) atoms. The van der Waals surface area contributed by atoms with E-state index in [9.17, 15) is 0 Å². The quantitative estimate of drug-likeness (QED) is 0.700. The highest BCUT2D eigenvalue weighted by molar-refractivity contribution is 5.10. The maximum Gasteiger partial charge on any atom is 0.0884 e. The van der Waals surface area contributed by atoms with Crippen LogP contribution in [0.5, 0.6) is 0 Å². The zero-order valence-electron chi connectivity index (χ0n) is 8.92. The number of methoxy groups -OCH3 is 1. The van der Waals surface area contributed by atoms with E-state index in [0.29, 0.717) is 6.61 Å². The zero-order chi connectivity index (χ0) is 10.2. The van der Waals surface area contributed by atoms with Gasteiger partial charge in [0, 0.05) is 13.7 Å². The molecule has 78 valence electrons. The van der Waals surface area contributed by atoms with Gasteiger partial charge in [0.2, 0.25) is 0 Å². The molecule has 0 bridgehead atoms. The van der Waals surface area contributed by atoms with Gasteiger partial charge in [-0.05, 0) is 25.1 Å². The van der Waals surface area contributed by atoms with Crippen molar-refractivity contribution in [2.45, 2.75) is 26.5 Å². The maximum atomic E-state index is 5.03. The van der Waals surface area contributed by atoms with Crippen molar-refractivity contribution in [2.75, 3.05) is 13.7 Å². The first-order valence-corrected chi connectivity index (χ1v) is 5.01. The second-order valence-electron chi connectivity index (χ2n) is 3.23. The molecule has 0 aliphatic rings. The van der Waals surface area contributed by atoms with Crippen LogP contribution in [0.2, 0.25) is 0 Å². The van der Waals surface area contributed by atoms with Gasteiger partial charge < -0.3 is 10.1 Å². The zero-order valence-corrected chi connectivity index (χ0v) is 8.92. The lowest BCUT2D eigenvalue weighted by Crippen LogP contribution is -2.15. The van der Waals surface area contributed by atoms with Crippen molar-refractivity contribution in [1.29, 1.82) is 0 Å². The number of aromatic nitrogens is 1. The summed E-state index contributed by atoms with van der Waals surface area (Å²) in [6, 6.07) is 6.03. The van der Waals surface area contributed by atoms with E-state index in [4.69, 9.17) is 4.74 Å². The van der Waals surface area contributed by atoms with Gasteiger partial charge in [-0.25, -0.2) is 0 Å². The summed E-state index contributed by atoms with van der Waals surface area (Å²) >= 11 is 0. The summed E-state index contributed by atoms with van der Waals surface area (Å²) < 4.78 is 5.03. The Balaban J connectivity index is 2.46. The topological polar surface area (TPSA) is 34.1 Å². The van der Waals surface area contributed by atoms with Crippen molar-refractivity contribution in [2.24, 2.45) is 0 Å². The Morgan fingerprint density at radius 1 is 1.36 bits per heavy atom. The Morgan fingerprint density at radius 3 is 2.86 bits per heavy atom. The van der Waals surface area contributed by atoms with E-state index in [1.54, 1.807) is 7.11 Å². The fourth-order valence-electron chi connectivity index (χ4n) is 1.25. The third kappa shape index (κ3) is 3.85. The maximum absolute atomic E-state index is 5.03. The molecule has 1 rings (SSSR count). The Bertz CT molecular complexity index is 263. The van der Waals surface area contributed by atoms with Gasteiger partial charge in [-0.15, -0.1) is 0 Å². The predicted octanol–water partition coefficient (Wildman–Crippen LogP) is 1.73. The first-order valence-electron chi connectivity index (χ1n) is 5.01. The molecule has 0 aliphatic carbocycles. The molecular formula is C11H18N2O. The predicted molar refractivity (Wildman–Crippen MR) is 56.9 cm³/mol. The van der Waals surface area contributed by atoms with Gasteiger partial charge in [0.25, 0.3) is 0 Å². The van der Waals surface area contributed by atoms with Crippen molar-refractivity contribution in [3.63, 3.8) is 0 Å². The SMILES string of the molecule is CCCNCc1cccc(COC)n1. The molecule has 0 saturated heterocycles. The van der Waals surface area contributed by atoms with E-state index in [1.807, 2.05) is 18.2 Å². The summed E-state index contributed by atoms with van der Waals surface area (Å²) in [7, 11) is 1.68. The Morgan fingerprint density at radius 2 is 2.14 bits per heavy atom. The molecule has 0 aliphatic heterocycles. The highest BCUT2D eigenvalue weighted by Gasteiger charge is 1.96. The number of rotatable bonds is 6. The molecule has 1 aromatic rings. The number of nitrogens with zero attached hydrogens (tertiary/aromatic N) is 1. The molecule has 0 saturated carbocycles. The largest absolute Gasteiger partial charge is 0.378 e. The van der Waals surface area contributed by atoms with Crippen LogP contribution in [0.15, 0.2) is 18.2 Å². The third-order valence-corrected chi connectivity index (χ3v) is 1.89. The van der Waals surface area contributed by atoms with Crippen LogP contribution < -0.4 is 5.32 Å². The highest BCUT2D eigenvalue weighted by atomic mass is 16.5. The van der Waals surface area contributed by atoms with Crippen molar-refractivity contribution >= 4 is 0 Å². The van der Waals surface area contributed by atoms with E-state index in [0.717, 1.165) is 30.9 Å². The molecule has 0 spiro atoms. The number of nitrogens with one attached hydrogen (secondary N) is 1. The average Bonchev–Trinajstić information content (AvgIpc) is 2.19. The van der Waals surface area contributed by atoms with Crippen LogP contribution in [-0.2, 0) is 17.9 Å². The number of pyridine rings is 1. The van der Waals surface area contributed by atoms with Gasteiger partial charge in [-0.2, -0.15) is 0 Å². The Kier molecular flexibility index (Phi) is 5.19. The molecule has 0 unspecified atom stereocenters. The molecule has 1 aromatic heterocycles. The standard InChI is InChI=1S/C11H18N2O/c1-3-7-12-8-10-5-4-6-11(13-10)9-14-2/h4-6,12H,3,7-9H2,1-2H3. The first-order chi connectivity index (χ1) is 6.86. The Hall–Kier alpha value is -0.930. The average molecular weight is 194 g/mol. The number of hydrogen-bond acceptors (Lipinski definition) is 3. The minimum Gasteiger partial charge on any atom is -0.378 e. The highest BCUT2D eigenvalue weighted by Crippen LogP contribution is 2.00. The van der Waals surface area contributed by atoms with E-state index in [2.05, 4.69) is 17.2 Å². The minimum absolute atomic E-state index is 0.585. The molecule has 1 N–H and O–H groups in total. The molecule has 0 amide bonds. The molecule has 3 nitrogen and oxygen atoms in total. The van der Waals surface area contributed by atoms with E-state index < -0.39 is 0 Å². The second kappa shape index (κ2) is 6.51. The summed E-state index contributed by atoms with van der Waals surface area (Å²) in [4.78, 5) is 4.45. The molecule has 1 heterocycles. The van der Waals surface area contributed by atoms with Gasteiger partial charge in [0.05, 0.1) is 18.0 Å². The summed E-state index contributed by atoms with van der Waals surface area (Å²) in [6.45, 7) is 4.62. The molecule has 3 heteroatoms. The van der Waals surface area contributed by atoms with Crippen LogP contribution in [0.3, 0.4) is 0 Å². The van der Waals surface area contributed by atoms with E-state index >= 15 is 0 Å². The van der Waals surface area contributed by atoms with Crippen molar-refractivity contribution in [3.8, 4) is 0 Å². The van der Waals surface area contributed by atoms with Gasteiger partial charge in [-0.3, -0.25) is 4.98 Å². The second-order valence-corrected chi connectivity index (χ2v) is 3.23. The van der Waals surface area contributed by atoms with Crippen LogP contribution in [0.1, 0.15) is 24.7 Å². The molecular weight excluding hydrogens is 176 g/mol. The molecule has 0 aromatic carbocycles. The van der Waals surface area contributed by atoms with Crippen LogP contribution in [-0.4, -0.2) is 18.6 Å². The molecule has 0 radical (unpaired) electrons. The van der Waals surface area contributed by atoms with Crippen molar-refractivity contribution < 1.29 is 4.74 Å². The van der Waals surface area contributed by atoms with Crippen LogP contribution >= 0.6 is 0 Å². The van der Waals surface area contributed by atoms with Crippen molar-refractivity contribution in [1.82, 2.24) is 10.3 Å². The lowest BCUT2D eigenvalue weighted by Gasteiger charge is -2.04. The van der Waals surface area contributed by atoms with E-state index in [1.165, 1.54) is 0 Å². The minimum atomic E-state index is 0.585. The van der Waals surface area contributed by atoms with Gasteiger partial charge in [0.15, 0.2) is 0 Å². The summed E-state index contributed by atoms with van der Waals surface area (Å²) in [5, 5.41) is 3.32. The normalized spacial score (nSPS) is 10.4. The lowest BCUT2D eigenvalue weighted by molar-refractivity contribution is 0.181. The number of hydrogen-bond donors (Lipinski definition) is 1.